The Labute approximate surface area is 84.5 Å². The highest BCUT2D eigenvalue weighted by Gasteiger charge is 2.18. The molecule has 1 unspecified atom stereocenters. The van der Waals surface area contributed by atoms with Crippen LogP contribution in [0.2, 0.25) is 0 Å². The van der Waals surface area contributed by atoms with Gasteiger partial charge >= 0.3 is 0 Å². The normalized spacial score (nSPS) is 23.6. The third-order valence-corrected chi connectivity index (χ3v) is 2.56. The minimum absolute atomic E-state index is 0.0591. The topological polar surface area (TPSA) is 67.6 Å². The molecule has 1 fully saturated rings. The van der Waals surface area contributed by atoms with Crippen molar-refractivity contribution in [2.45, 2.75) is 25.3 Å². The van der Waals surface area contributed by atoms with E-state index in [1.54, 1.807) is 0 Å². The van der Waals surface area contributed by atoms with Gasteiger partial charge in [0.25, 0.3) is 0 Å². The summed E-state index contributed by atoms with van der Waals surface area (Å²) in [4.78, 5) is 17.6. The van der Waals surface area contributed by atoms with Gasteiger partial charge in [0, 0.05) is 12.6 Å². The predicted molar refractivity (Wildman–Crippen MR) is 53.4 cm³/mol. The van der Waals surface area contributed by atoms with Crippen molar-refractivity contribution < 1.29 is 9.63 Å². The highest BCUT2D eigenvalue weighted by molar-refractivity contribution is 5.74. The van der Waals surface area contributed by atoms with Gasteiger partial charge in [-0.1, -0.05) is 6.42 Å². The zero-order chi connectivity index (χ0) is 10.4. The number of likely N-dealkylation sites (tertiary alicyclic amines) is 1. The molecule has 5 heteroatoms. The van der Waals surface area contributed by atoms with Crippen LogP contribution in [0.5, 0.6) is 0 Å². The molecule has 0 saturated carbocycles. The van der Waals surface area contributed by atoms with Crippen LogP contribution in [0.1, 0.15) is 19.3 Å². The van der Waals surface area contributed by atoms with Crippen molar-refractivity contribution in [2.75, 3.05) is 26.7 Å². The molecule has 1 heterocycles. The second-order valence-electron chi connectivity index (χ2n) is 3.73. The summed E-state index contributed by atoms with van der Waals surface area (Å²) in [7, 11) is 2.11. The third kappa shape index (κ3) is 4.04. The Hall–Kier alpha value is -0.650. The Bertz CT molecular complexity index is 187. The average molecular weight is 201 g/mol. The summed E-state index contributed by atoms with van der Waals surface area (Å²) in [6, 6.07) is 0.511. The van der Waals surface area contributed by atoms with Crippen LogP contribution >= 0.6 is 0 Å². The number of rotatable bonds is 5. The molecule has 0 aromatic heterocycles. The van der Waals surface area contributed by atoms with E-state index in [9.17, 15) is 4.79 Å². The number of nitrogens with two attached hydrogens (primary N) is 1. The van der Waals surface area contributed by atoms with Crippen LogP contribution in [0, 0.1) is 0 Å². The lowest BCUT2D eigenvalue weighted by atomic mass is 10.0. The van der Waals surface area contributed by atoms with Gasteiger partial charge in [0.1, 0.15) is 6.61 Å². The number of hydrogen-bond acceptors (Lipinski definition) is 4. The van der Waals surface area contributed by atoms with E-state index in [4.69, 9.17) is 10.6 Å². The number of carbonyl (C=O) groups excluding carboxylic acids is 1. The maximum Gasteiger partial charge on any atom is 0.245 e. The molecule has 1 aliphatic rings. The lowest BCUT2D eigenvalue weighted by Gasteiger charge is -2.32. The Morgan fingerprint density at radius 1 is 1.64 bits per heavy atom. The van der Waals surface area contributed by atoms with Gasteiger partial charge in [-0.05, 0) is 26.4 Å². The summed E-state index contributed by atoms with van der Waals surface area (Å²) in [6.45, 7) is 1.84. The lowest BCUT2D eigenvalue weighted by molar-refractivity contribution is -0.125. The van der Waals surface area contributed by atoms with Crippen molar-refractivity contribution in [3.63, 3.8) is 0 Å². The number of primary amides is 1. The number of nitrogens with one attached hydrogen (secondary N) is 1. The fraction of sp³-hybridized carbons (Fsp3) is 0.889. The minimum Gasteiger partial charge on any atom is -0.368 e. The van der Waals surface area contributed by atoms with E-state index in [2.05, 4.69) is 17.4 Å². The molecule has 0 aromatic rings. The van der Waals surface area contributed by atoms with Crippen molar-refractivity contribution in [1.82, 2.24) is 10.4 Å². The second kappa shape index (κ2) is 5.95. The number of piperidine rings is 1. The smallest absolute Gasteiger partial charge is 0.245 e. The zero-order valence-electron chi connectivity index (χ0n) is 8.66. The maximum atomic E-state index is 10.4. The van der Waals surface area contributed by atoms with E-state index < -0.39 is 5.91 Å². The van der Waals surface area contributed by atoms with Gasteiger partial charge in [-0.15, -0.1) is 0 Å². The molecule has 1 aliphatic heterocycles. The number of carbonyl (C=O) groups is 1. The SMILES string of the molecule is CN1CCCCC1CNOCC(N)=O. The molecule has 1 atom stereocenters. The van der Waals surface area contributed by atoms with E-state index >= 15 is 0 Å². The Kier molecular flexibility index (Phi) is 4.86. The molecule has 1 saturated heterocycles. The van der Waals surface area contributed by atoms with Gasteiger partial charge in [0.05, 0.1) is 0 Å². The molecule has 14 heavy (non-hydrogen) atoms. The first kappa shape index (κ1) is 11.4. The van der Waals surface area contributed by atoms with Crippen molar-refractivity contribution in [3.05, 3.63) is 0 Å². The number of likely N-dealkylation sites (N-methyl/N-ethyl adjacent to an activating group) is 1. The molecule has 3 N–H and O–H groups in total. The van der Waals surface area contributed by atoms with Gasteiger partial charge in [0.2, 0.25) is 5.91 Å². The summed E-state index contributed by atoms with van der Waals surface area (Å²) in [5.74, 6) is -0.450. The second-order valence-corrected chi connectivity index (χ2v) is 3.73. The number of nitrogens with zero attached hydrogens (tertiary/aromatic N) is 1. The molecular weight excluding hydrogens is 182 g/mol. The van der Waals surface area contributed by atoms with Crippen molar-refractivity contribution >= 4 is 5.91 Å². The van der Waals surface area contributed by atoms with Crippen LogP contribution in [0.25, 0.3) is 0 Å². The van der Waals surface area contributed by atoms with Gasteiger partial charge in [-0.25, -0.2) is 5.48 Å². The van der Waals surface area contributed by atoms with Crippen LogP contribution in [0.15, 0.2) is 0 Å². The van der Waals surface area contributed by atoms with Crippen LogP contribution in [-0.2, 0) is 9.63 Å². The standard InChI is InChI=1S/C9H19N3O2/c1-12-5-3-2-4-8(12)6-11-14-7-9(10)13/h8,11H,2-7H2,1H3,(H2,10,13). The van der Waals surface area contributed by atoms with Crippen LogP contribution in [0.3, 0.4) is 0 Å². The van der Waals surface area contributed by atoms with Crippen LogP contribution < -0.4 is 11.2 Å². The number of hydroxylamine groups is 1. The van der Waals surface area contributed by atoms with E-state index in [0.29, 0.717) is 6.04 Å². The van der Waals surface area contributed by atoms with Gasteiger partial charge < -0.3 is 10.6 Å². The molecule has 0 aliphatic carbocycles. The summed E-state index contributed by atoms with van der Waals surface area (Å²) in [5.41, 5.74) is 7.70. The first-order chi connectivity index (χ1) is 6.70. The van der Waals surface area contributed by atoms with Crippen molar-refractivity contribution in [1.29, 1.82) is 0 Å². The molecule has 82 valence electrons. The van der Waals surface area contributed by atoms with E-state index in [0.717, 1.165) is 13.1 Å². The van der Waals surface area contributed by atoms with Crippen LogP contribution in [0.4, 0.5) is 0 Å². The highest BCUT2D eigenvalue weighted by atomic mass is 16.6. The molecule has 1 amide bonds. The molecule has 0 spiro atoms. The summed E-state index contributed by atoms with van der Waals surface area (Å²) in [5, 5.41) is 0. The first-order valence-corrected chi connectivity index (χ1v) is 5.03. The van der Waals surface area contributed by atoms with E-state index in [1.165, 1.54) is 19.3 Å². The first-order valence-electron chi connectivity index (χ1n) is 5.03. The summed E-state index contributed by atoms with van der Waals surface area (Å²) in [6.07, 6.45) is 3.73. The summed E-state index contributed by atoms with van der Waals surface area (Å²) >= 11 is 0. The molecule has 1 rings (SSSR count). The van der Waals surface area contributed by atoms with Gasteiger partial charge in [-0.3, -0.25) is 9.63 Å². The monoisotopic (exact) mass is 201 g/mol. The van der Waals surface area contributed by atoms with E-state index in [1.807, 2.05) is 0 Å². The Morgan fingerprint density at radius 3 is 3.07 bits per heavy atom. The van der Waals surface area contributed by atoms with Gasteiger partial charge in [-0.2, -0.15) is 0 Å². The number of hydrogen-bond donors (Lipinski definition) is 2. The van der Waals surface area contributed by atoms with Crippen molar-refractivity contribution in [3.8, 4) is 0 Å². The fourth-order valence-electron chi connectivity index (χ4n) is 1.68. The third-order valence-electron chi connectivity index (χ3n) is 2.56. The highest BCUT2D eigenvalue weighted by Crippen LogP contribution is 2.13. The lowest BCUT2D eigenvalue weighted by Crippen LogP contribution is -2.43. The molecule has 5 nitrogen and oxygen atoms in total. The minimum atomic E-state index is -0.450. The molecule has 0 bridgehead atoms. The Morgan fingerprint density at radius 2 is 2.43 bits per heavy atom. The molecule has 0 radical (unpaired) electrons. The summed E-state index contributed by atoms with van der Waals surface area (Å²) < 4.78 is 0. The maximum absolute atomic E-state index is 10.4. The fourth-order valence-corrected chi connectivity index (χ4v) is 1.68. The molecule has 0 aromatic carbocycles. The van der Waals surface area contributed by atoms with Crippen LogP contribution in [-0.4, -0.2) is 43.6 Å². The predicted octanol–water partition coefficient (Wildman–Crippen LogP) is -0.523. The zero-order valence-corrected chi connectivity index (χ0v) is 8.66. The van der Waals surface area contributed by atoms with E-state index in [-0.39, 0.29) is 6.61 Å². The number of amides is 1. The molecular formula is C9H19N3O2. The largest absolute Gasteiger partial charge is 0.368 e. The van der Waals surface area contributed by atoms with Crippen molar-refractivity contribution in [2.24, 2.45) is 5.73 Å². The van der Waals surface area contributed by atoms with Gasteiger partial charge in [0.15, 0.2) is 0 Å². The quantitative estimate of drug-likeness (QED) is 0.464. The average Bonchev–Trinajstić information content (AvgIpc) is 2.15. The Balaban J connectivity index is 2.07.